The second-order valence-electron chi connectivity index (χ2n) is 7.30. The summed E-state index contributed by atoms with van der Waals surface area (Å²) in [6.07, 6.45) is 1.68. The van der Waals surface area contributed by atoms with Gasteiger partial charge in [0, 0.05) is 11.1 Å². The van der Waals surface area contributed by atoms with Crippen molar-refractivity contribution in [3.05, 3.63) is 88.2 Å². The average Bonchev–Trinajstić information content (AvgIpc) is 3.10. The summed E-state index contributed by atoms with van der Waals surface area (Å²) in [5.41, 5.74) is 4.30. The molecule has 158 valence electrons. The van der Waals surface area contributed by atoms with Crippen molar-refractivity contribution in [2.24, 2.45) is 0 Å². The third kappa shape index (κ3) is 3.87. The van der Waals surface area contributed by atoms with Gasteiger partial charge in [-0.25, -0.2) is 0 Å². The maximum Gasteiger partial charge on any atom is 0.231 e. The quantitative estimate of drug-likeness (QED) is 0.496. The van der Waals surface area contributed by atoms with E-state index in [1.807, 2.05) is 43.3 Å². The molecule has 3 aromatic rings. The SMILES string of the molecule is COc1cccc(/C=C2\Oc3c(ccc(OCc4ccccc4C)c3C)C2=O)c1OC. The van der Waals surface area contributed by atoms with Crippen molar-refractivity contribution in [2.75, 3.05) is 14.2 Å². The van der Waals surface area contributed by atoms with Gasteiger partial charge in [0.1, 0.15) is 18.1 Å². The first-order valence-electron chi connectivity index (χ1n) is 9.99. The number of methoxy groups -OCH3 is 2. The number of carbonyl (C=O) groups is 1. The maximum absolute atomic E-state index is 12.9. The van der Waals surface area contributed by atoms with E-state index in [0.717, 1.165) is 11.1 Å². The van der Waals surface area contributed by atoms with E-state index < -0.39 is 0 Å². The Balaban J connectivity index is 1.62. The third-order valence-electron chi connectivity index (χ3n) is 5.40. The molecule has 0 spiro atoms. The number of para-hydroxylation sites is 1. The predicted octanol–water partition coefficient (Wildman–Crippen LogP) is 5.52. The molecule has 1 heterocycles. The van der Waals surface area contributed by atoms with Crippen LogP contribution in [0.4, 0.5) is 0 Å². The Bertz CT molecular complexity index is 1180. The summed E-state index contributed by atoms with van der Waals surface area (Å²) in [5.74, 6) is 2.41. The van der Waals surface area contributed by atoms with Crippen molar-refractivity contribution in [3.8, 4) is 23.0 Å². The molecule has 5 nitrogen and oxygen atoms in total. The summed E-state index contributed by atoms with van der Waals surface area (Å²) in [4.78, 5) is 12.9. The largest absolute Gasteiger partial charge is 0.493 e. The van der Waals surface area contributed by atoms with Crippen molar-refractivity contribution < 1.29 is 23.7 Å². The van der Waals surface area contributed by atoms with E-state index in [0.29, 0.717) is 40.7 Å². The molecular weight excluding hydrogens is 392 g/mol. The lowest BCUT2D eigenvalue weighted by Gasteiger charge is -2.13. The predicted molar refractivity (Wildman–Crippen MR) is 119 cm³/mol. The van der Waals surface area contributed by atoms with E-state index >= 15 is 0 Å². The first-order valence-corrected chi connectivity index (χ1v) is 9.99. The monoisotopic (exact) mass is 416 g/mol. The second kappa shape index (κ2) is 8.56. The highest BCUT2D eigenvalue weighted by Crippen LogP contribution is 2.40. The molecule has 5 heteroatoms. The van der Waals surface area contributed by atoms with Gasteiger partial charge in [-0.15, -0.1) is 0 Å². The molecule has 0 aliphatic carbocycles. The van der Waals surface area contributed by atoms with E-state index in [1.54, 1.807) is 32.4 Å². The lowest BCUT2D eigenvalue weighted by atomic mass is 10.1. The molecule has 0 aromatic heterocycles. The molecular formula is C26H24O5. The number of rotatable bonds is 6. The molecule has 0 bridgehead atoms. The number of allylic oxidation sites excluding steroid dienone is 1. The van der Waals surface area contributed by atoms with Crippen LogP contribution >= 0.6 is 0 Å². The van der Waals surface area contributed by atoms with E-state index in [1.165, 1.54) is 5.56 Å². The third-order valence-corrected chi connectivity index (χ3v) is 5.40. The van der Waals surface area contributed by atoms with Gasteiger partial charge < -0.3 is 18.9 Å². The molecule has 1 aliphatic heterocycles. The average molecular weight is 416 g/mol. The Labute approximate surface area is 181 Å². The summed E-state index contributed by atoms with van der Waals surface area (Å²) in [6.45, 7) is 4.40. The van der Waals surface area contributed by atoms with Crippen molar-refractivity contribution in [2.45, 2.75) is 20.5 Å². The van der Waals surface area contributed by atoms with Gasteiger partial charge in [0.2, 0.25) is 5.78 Å². The lowest BCUT2D eigenvalue weighted by molar-refractivity contribution is 0.101. The molecule has 3 aromatic carbocycles. The normalized spacial score (nSPS) is 13.7. The summed E-state index contributed by atoms with van der Waals surface area (Å²) < 4.78 is 22.8. The standard InChI is InChI=1S/C26H24O5/c1-16-8-5-6-9-19(16)15-30-21-13-12-20-24(27)23(31-25(20)17(21)2)14-18-10-7-11-22(28-3)26(18)29-4/h5-14H,15H2,1-4H3/b23-14-. The second-order valence-corrected chi connectivity index (χ2v) is 7.30. The smallest absolute Gasteiger partial charge is 0.231 e. The zero-order valence-corrected chi connectivity index (χ0v) is 18.0. The fraction of sp³-hybridized carbons (Fsp3) is 0.192. The fourth-order valence-corrected chi connectivity index (χ4v) is 3.62. The number of benzene rings is 3. The number of carbonyl (C=O) groups excluding carboxylic acids is 1. The number of hydrogen-bond donors (Lipinski definition) is 0. The van der Waals surface area contributed by atoms with Crippen LogP contribution in [0, 0.1) is 13.8 Å². The zero-order valence-electron chi connectivity index (χ0n) is 18.0. The first-order chi connectivity index (χ1) is 15.0. The molecule has 31 heavy (non-hydrogen) atoms. The molecule has 4 rings (SSSR count). The van der Waals surface area contributed by atoms with E-state index in [4.69, 9.17) is 18.9 Å². The highest BCUT2D eigenvalue weighted by molar-refractivity contribution is 6.15. The van der Waals surface area contributed by atoms with Crippen LogP contribution in [0.25, 0.3) is 6.08 Å². The van der Waals surface area contributed by atoms with Crippen molar-refractivity contribution in [1.29, 1.82) is 0 Å². The first kappa shape index (κ1) is 20.5. The Kier molecular flexibility index (Phi) is 5.67. The van der Waals surface area contributed by atoms with Crippen LogP contribution in [0.2, 0.25) is 0 Å². The minimum Gasteiger partial charge on any atom is -0.493 e. The lowest BCUT2D eigenvalue weighted by Crippen LogP contribution is -2.00. The van der Waals surface area contributed by atoms with Gasteiger partial charge in [0.25, 0.3) is 0 Å². The van der Waals surface area contributed by atoms with Gasteiger partial charge in [-0.05, 0) is 49.2 Å². The molecule has 0 unspecified atom stereocenters. The summed E-state index contributed by atoms with van der Waals surface area (Å²) in [7, 11) is 3.14. The van der Waals surface area contributed by atoms with Crippen LogP contribution in [0.5, 0.6) is 23.0 Å². The highest BCUT2D eigenvalue weighted by atomic mass is 16.5. The number of hydrogen-bond acceptors (Lipinski definition) is 5. The molecule has 0 fully saturated rings. The molecule has 0 radical (unpaired) electrons. The minimum atomic E-state index is -0.173. The van der Waals surface area contributed by atoms with Crippen LogP contribution in [0.15, 0.2) is 60.4 Å². The summed E-state index contributed by atoms with van der Waals surface area (Å²) in [5, 5.41) is 0. The van der Waals surface area contributed by atoms with Gasteiger partial charge in [-0.1, -0.05) is 36.4 Å². The van der Waals surface area contributed by atoms with E-state index in [2.05, 4.69) is 13.0 Å². The number of ether oxygens (including phenoxy) is 4. The number of aryl methyl sites for hydroxylation is 1. The number of fused-ring (bicyclic) bond motifs is 1. The maximum atomic E-state index is 12.9. The Morgan fingerprint density at radius 2 is 1.71 bits per heavy atom. The molecule has 0 atom stereocenters. The van der Waals surface area contributed by atoms with Crippen molar-refractivity contribution in [3.63, 3.8) is 0 Å². The van der Waals surface area contributed by atoms with Crippen LogP contribution in [0.1, 0.15) is 32.6 Å². The minimum absolute atomic E-state index is 0.173. The Hall–Kier alpha value is -3.73. The molecule has 0 N–H and O–H groups in total. The zero-order chi connectivity index (χ0) is 22.0. The van der Waals surface area contributed by atoms with Crippen LogP contribution in [0.3, 0.4) is 0 Å². The highest BCUT2D eigenvalue weighted by Gasteiger charge is 2.30. The van der Waals surface area contributed by atoms with Crippen molar-refractivity contribution in [1.82, 2.24) is 0 Å². The molecule has 0 saturated heterocycles. The van der Waals surface area contributed by atoms with Gasteiger partial charge in [-0.3, -0.25) is 4.79 Å². The molecule has 1 aliphatic rings. The van der Waals surface area contributed by atoms with Crippen LogP contribution in [-0.4, -0.2) is 20.0 Å². The molecule has 0 amide bonds. The summed E-state index contributed by atoms with van der Waals surface area (Å²) >= 11 is 0. The van der Waals surface area contributed by atoms with E-state index in [-0.39, 0.29) is 11.5 Å². The fourth-order valence-electron chi connectivity index (χ4n) is 3.62. The number of ketones is 1. The topological polar surface area (TPSA) is 54.0 Å². The van der Waals surface area contributed by atoms with Crippen LogP contribution in [-0.2, 0) is 6.61 Å². The van der Waals surface area contributed by atoms with Gasteiger partial charge in [0.05, 0.1) is 19.8 Å². The van der Waals surface area contributed by atoms with E-state index in [9.17, 15) is 4.79 Å². The number of Topliss-reactive ketones (excluding diaryl/α,β-unsaturated/α-hetero) is 1. The van der Waals surface area contributed by atoms with Gasteiger partial charge in [0.15, 0.2) is 17.3 Å². The van der Waals surface area contributed by atoms with Gasteiger partial charge >= 0.3 is 0 Å². The van der Waals surface area contributed by atoms with Gasteiger partial charge in [-0.2, -0.15) is 0 Å². The summed E-state index contributed by atoms with van der Waals surface area (Å²) in [6, 6.07) is 17.2. The molecule has 0 saturated carbocycles. The Morgan fingerprint density at radius 1 is 0.903 bits per heavy atom. The Morgan fingerprint density at radius 3 is 2.45 bits per heavy atom. The van der Waals surface area contributed by atoms with Crippen LogP contribution < -0.4 is 18.9 Å². The van der Waals surface area contributed by atoms with Crippen molar-refractivity contribution >= 4 is 11.9 Å².